The van der Waals surface area contributed by atoms with Crippen molar-refractivity contribution in [1.29, 1.82) is 5.26 Å². The fourth-order valence-electron chi connectivity index (χ4n) is 3.66. The molecule has 0 aliphatic rings. The van der Waals surface area contributed by atoms with E-state index in [1.165, 1.54) is 25.3 Å². The van der Waals surface area contributed by atoms with Crippen LogP contribution in [0.25, 0.3) is 6.08 Å². The molecule has 0 saturated heterocycles. The Hall–Kier alpha value is -5.33. The number of nitrogens with zero attached hydrogens (tertiary/aromatic N) is 2. The Morgan fingerprint density at radius 3 is 2.17 bits per heavy atom. The van der Waals surface area contributed by atoms with E-state index in [4.69, 9.17) is 25.8 Å². The fraction of sp³-hybridized carbons (Fsp3) is 0.0968. The number of hydrogen-bond donors (Lipinski definition) is 1. The molecule has 1 N–H and O–H groups in total. The zero-order valence-corrected chi connectivity index (χ0v) is 22.6. The molecule has 0 saturated carbocycles. The van der Waals surface area contributed by atoms with Crippen molar-refractivity contribution in [3.63, 3.8) is 0 Å². The molecule has 0 bridgehead atoms. The Kier molecular flexibility index (Phi) is 9.54. The average molecular weight is 570 g/mol. The van der Waals surface area contributed by atoms with E-state index in [1.807, 2.05) is 18.2 Å². The summed E-state index contributed by atoms with van der Waals surface area (Å²) in [5, 5.41) is 23.8. The van der Waals surface area contributed by atoms with Crippen LogP contribution in [-0.4, -0.2) is 17.9 Å². The number of carbonyl (C=O) groups is 1. The van der Waals surface area contributed by atoms with Gasteiger partial charge in [-0.2, -0.15) is 5.26 Å². The molecular weight excluding hydrogens is 546 g/mol. The van der Waals surface area contributed by atoms with Crippen LogP contribution in [0.5, 0.6) is 17.2 Å². The van der Waals surface area contributed by atoms with Gasteiger partial charge in [0.1, 0.15) is 30.6 Å². The molecule has 0 atom stereocenters. The van der Waals surface area contributed by atoms with Crippen LogP contribution in [0.3, 0.4) is 0 Å². The summed E-state index contributed by atoms with van der Waals surface area (Å²) in [5.74, 6) is 0.883. The normalized spacial score (nSPS) is 10.8. The number of halogens is 1. The highest BCUT2D eigenvalue weighted by molar-refractivity contribution is 6.30. The largest absolute Gasteiger partial charge is 0.493 e. The number of carbonyl (C=O) groups excluding carboxylic acids is 1. The van der Waals surface area contributed by atoms with E-state index >= 15 is 0 Å². The second kappa shape index (κ2) is 13.6. The lowest BCUT2D eigenvalue weighted by atomic mass is 10.1. The second-order valence-electron chi connectivity index (χ2n) is 8.69. The molecule has 0 aliphatic carbocycles. The molecule has 0 unspecified atom stereocenters. The van der Waals surface area contributed by atoms with Crippen molar-refractivity contribution in [3.8, 4) is 23.3 Å². The van der Waals surface area contributed by atoms with Gasteiger partial charge in [-0.3, -0.25) is 14.9 Å². The third-order valence-corrected chi connectivity index (χ3v) is 6.09. The number of nitro benzene ring substituents is 1. The summed E-state index contributed by atoms with van der Waals surface area (Å²) >= 11 is 5.90. The van der Waals surface area contributed by atoms with Gasteiger partial charge in [-0.15, -0.1) is 0 Å². The van der Waals surface area contributed by atoms with E-state index in [0.29, 0.717) is 40.1 Å². The maximum atomic E-state index is 12.8. The third kappa shape index (κ3) is 8.08. The predicted octanol–water partition coefficient (Wildman–Crippen LogP) is 6.96. The van der Waals surface area contributed by atoms with Crippen LogP contribution in [-0.2, 0) is 18.0 Å². The summed E-state index contributed by atoms with van der Waals surface area (Å²) in [6.07, 6.45) is 1.45. The summed E-state index contributed by atoms with van der Waals surface area (Å²) in [4.78, 5) is 23.1. The number of rotatable bonds is 11. The van der Waals surface area contributed by atoms with Gasteiger partial charge in [0.15, 0.2) is 11.5 Å². The lowest BCUT2D eigenvalue weighted by Crippen LogP contribution is -2.13. The van der Waals surface area contributed by atoms with E-state index in [0.717, 1.165) is 11.1 Å². The van der Waals surface area contributed by atoms with Gasteiger partial charge in [0.05, 0.1) is 12.0 Å². The van der Waals surface area contributed by atoms with Gasteiger partial charge < -0.3 is 19.5 Å². The van der Waals surface area contributed by atoms with Gasteiger partial charge in [0.25, 0.3) is 11.6 Å². The van der Waals surface area contributed by atoms with Crippen LogP contribution >= 0.6 is 11.6 Å². The zero-order chi connectivity index (χ0) is 29.2. The average Bonchev–Trinajstić information content (AvgIpc) is 2.99. The van der Waals surface area contributed by atoms with Crippen molar-refractivity contribution in [3.05, 3.63) is 128 Å². The van der Waals surface area contributed by atoms with Gasteiger partial charge in [0.2, 0.25) is 0 Å². The van der Waals surface area contributed by atoms with E-state index in [-0.39, 0.29) is 17.9 Å². The minimum Gasteiger partial charge on any atom is -0.493 e. The zero-order valence-electron chi connectivity index (χ0n) is 21.9. The van der Waals surface area contributed by atoms with Crippen LogP contribution in [0, 0.1) is 21.4 Å². The quantitative estimate of drug-likeness (QED) is 0.0895. The van der Waals surface area contributed by atoms with Gasteiger partial charge in [0, 0.05) is 22.8 Å². The number of benzene rings is 4. The number of amides is 1. The van der Waals surface area contributed by atoms with E-state index < -0.39 is 10.8 Å². The number of nitriles is 1. The van der Waals surface area contributed by atoms with Crippen LogP contribution in [0.15, 0.2) is 96.6 Å². The Morgan fingerprint density at radius 2 is 1.56 bits per heavy atom. The third-order valence-electron chi connectivity index (χ3n) is 5.84. The monoisotopic (exact) mass is 569 g/mol. The minimum absolute atomic E-state index is 0.00364. The highest BCUT2D eigenvalue weighted by atomic mass is 35.5. The SMILES string of the molecule is COc1cc(/C=C(\C#N)C(=O)Nc2ccc(OCc3ccc(Cl)cc3)cc2)ccc1OCc1ccc([N+](=O)[O-])cc1. The van der Waals surface area contributed by atoms with Crippen LogP contribution in [0.4, 0.5) is 11.4 Å². The molecule has 0 spiro atoms. The molecule has 0 aromatic heterocycles. The first-order valence-corrected chi connectivity index (χ1v) is 12.7. The van der Waals surface area contributed by atoms with Crippen molar-refractivity contribution < 1.29 is 23.9 Å². The molecule has 4 aromatic carbocycles. The standard InChI is InChI=1S/C31H24ClN3O6/c1-39-30-17-23(6-15-29(30)41-20-22-4-11-27(12-5-22)35(37)38)16-24(18-33)31(36)34-26-9-13-28(14-10-26)40-19-21-2-7-25(32)8-3-21/h2-17H,19-20H2,1H3,(H,34,36)/b24-16+. The molecular formula is C31H24ClN3O6. The maximum Gasteiger partial charge on any atom is 0.269 e. The first-order chi connectivity index (χ1) is 19.8. The lowest BCUT2D eigenvalue weighted by Gasteiger charge is -2.12. The molecule has 9 nitrogen and oxygen atoms in total. The molecule has 4 aromatic rings. The summed E-state index contributed by atoms with van der Waals surface area (Å²) in [7, 11) is 1.47. The molecule has 0 aliphatic heterocycles. The molecule has 0 radical (unpaired) electrons. The Bertz CT molecular complexity index is 1600. The van der Waals surface area contributed by atoms with Crippen molar-refractivity contribution in [1.82, 2.24) is 0 Å². The van der Waals surface area contributed by atoms with Crippen LogP contribution < -0.4 is 19.5 Å². The highest BCUT2D eigenvalue weighted by Crippen LogP contribution is 2.30. The Morgan fingerprint density at radius 1 is 0.927 bits per heavy atom. The summed E-state index contributed by atoms with van der Waals surface area (Å²) in [6, 6.07) is 27.1. The maximum absolute atomic E-state index is 12.8. The predicted molar refractivity (Wildman–Crippen MR) is 155 cm³/mol. The van der Waals surface area contributed by atoms with Crippen molar-refractivity contribution >= 4 is 35.0 Å². The van der Waals surface area contributed by atoms with Crippen molar-refractivity contribution in [2.45, 2.75) is 13.2 Å². The summed E-state index contributed by atoms with van der Waals surface area (Å²) in [5.41, 5.74) is 2.66. The number of anilines is 1. The Balaban J connectivity index is 1.37. The number of nitro groups is 1. The van der Waals surface area contributed by atoms with Gasteiger partial charge >= 0.3 is 0 Å². The number of methoxy groups -OCH3 is 1. The lowest BCUT2D eigenvalue weighted by molar-refractivity contribution is -0.384. The molecule has 0 heterocycles. The first kappa shape index (κ1) is 28.7. The topological polar surface area (TPSA) is 124 Å². The van der Waals surface area contributed by atoms with Crippen LogP contribution in [0.2, 0.25) is 5.02 Å². The molecule has 206 valence electrons. The number of ether oxygens (including phenoxy) is 3. The first-order valence-electron chi connectivity index (χ1n) is 12.3. The molecule has 0 fully saturated rings. The minimum atomic E-state index is -0.570. The van der Waals surface area contributed by atoms with Crippen LogP contribution in [0.1, 0.15) is 16.7 Å². The van der Waals surface area contributed by atoms with E-state index in [9.17, 15) is 20.2 Å². The van der Waals surface area contributed by atoms with Gasteiger partial charge in [-0.05, 0) is 83.4 Å². The highest BCUT2D eigenvalue weighted by Gasteiger charge is 2.12. The van der Waals surface area contributed by atoms with E-state index in [2.05, 4.69) is 5.32 Å². The molecule has 4 rings (SSSR count). The Labute approximate surface area is 241 Å². The molecule has 1 amide bonds. The fourth-order valence-corrected chi connectivity index (χ4v) is 3.79. The number of nitrogens with one attached hydrogen (secondary N) is 1. The van der Waals surface area contributed by atoms with Gasteiger partial charge in [-0.25, -0.2) is 0 Å². The van der Waals surface area contributed by atoms with Crippen molar-refractivity contribution in [2.75, 3.05) is 12.4 Å². The molecule has 10 heteroatoms. The summed E-state index contributed by atoms with van der Waals surface area (Å²) < 4.78 is 17.0. The van der Waals surface area contributed by atoms with Crippen molar-refractivity contribution in [2.24, 2.45) is 0 Å². The molecule has 41 heavy (non-hydrogen) atoms. The smallest absolute Gasteiger partial charge is 0.269 e. The van der Waals surface area contributed by atoms with Gasteiger partial charge in [-0.1, -0.05) is 29.8 Å². The number of hydrogen-bond acceptors (Lipinski definition) is 7. The number of non-ortho nitro benzene ring substituents is 1. The second-order valence-corrected chi connectivity index (χ2v) is 9.12. The van der Waals surface area contributed by atoms with E-state index in [1.54, 1.807) is 66.7 Å². The summed E-state index contributed by atoms with van der Waals surface area (Å²) in [6.45, 7) is 0.537.